The van der Waals surface area contributed by atoms with Crippen molar-refractivity contribution in [2.24, 2.45) is 5.73 Å². The summed E-state index contributed by atoms with van der Waals surface area (Å²) in [5.74, 6) is 2.61. The summed E-state index contributed by atoms with van der Waals surface area (Å²) in [4.78, 5) is 4.27. The van der Waals surface area contributed by atoms with E-state index in [2.05, 4.69) is 17.0 Å². The molecule has 0 saturated heterocycles. The highest BCUT2D eigenvalue weighted by molar-refractivity contribution is 5.79. The van der Waals surface area contributed by atoms with E-state index in [4.69, 9.17) is 12.2 Å². The molecule has 0 aliphatic carbocycles. The van der Waals surface area contributed by atoms with Crippen molar-refractivity contribution in [1.29, 1.82) is 0 Å². The molecule has 2 rings (SSSR count). The molecule has 0 spiro atoms. The fourth-order valence-electron chi connectivity index (χ4n) is 1.73. The quantitative estimate of drug-likeness (QED) is 0.791. The number of hydrogen-bond donors (Lipinski definition) is 1. The van der Waals surface area contributed by atoms with Crippen LogP contribution in [0.1, 0.15) is 24.4 Å². The van der Waals surface area contributed by atoms with Gasteiger partial charge in [0.1, 0.15) is 0 Å². The summed E-state index contributed by atoms with van der Waals surface area (Å²) < 4.78 is 0. The van der Waals surface area contributed by atoms with Gasteiger partial charge in [0.05, 0.1) is 5.52 Å². The first-order valence-electron chi connectivity index (χ1n) is 5.35. The fraction of sp³-hybridized carbons (Fsp3) is 0.214. The molecule has 1 atom stereocenters. The highest BCUT2D eigenvalue weighted by Crippen LogP contribution is 2.20. The maximum atomic E-state index is 6.06. The smallest absolute Gasteiger partial charge is 0.0702 e. The molecular weight excluding hydrogens is 196 g/mol. The molecule has 2 nitrogen and oxygen atoms in total. The Bertz CT molecular complexity index is 525. The number of aromatic nitrogens is 1. The van der Waals surface area contributed by atoms with Crippen LogP contribution in [0.4, 0.5) is 0 Å². The Hall–Kier alpha value is -1.85. The summed E-state index contributed by atoms with van der Waals surface area (Å²) in [7, 11) is 0. The van der Waals surface area contributed by atoms with Gasteiger partial charge in [-0.25, -0.2) is 0 Å². The zero-order chi connectivity index (χ0) is 11.4. The third-order valence-electron chi connectivity index (χ3n) is 2.65. The summed E-state index contributed by atoms with van der Waals surface area (Å²) >= 11 is 0. The monoisotopic (exact) mass is 210 g/mol. The number of terminal acetylenes is 1. The lowest BCUT2D eigenvalue weighted by atomic mass is 10.0. The molecule has 0 aliphatic heterocycles. The van der Waals surface area contributed by atoms with E-state index in [1.165, 1.54) is 0 Å². The van der Waals surface area contributed by atoms with Crippen LogP contribution in [0.2, 0.25) is 0 Å². The molecule has 0 fully saturated rings. The highest BCUT2D eigenvalue weighted by atomic mass is 14.6. The van der Waals surface area contributed by atoms with Gasteiger partial charge in [0, 0.05) is 24.0 Å². The van der Waals surface area contributed by atoms with E-state index < -0.39 is 0 Å². The van der Waals surface area contributed by atoms with Crippen LogP contribution in [0.25, 0.3) is 10.9 Å². The third-order valence-corrected chi connectivity index (χ3v) is 2.65. The molecule has 80 valence electrons. The van der Waals surface area contributed by atoms with Crippen LogP contribution < -0.4 is 5.73 Å². The second kappa shape index (κ2) is 4.78. The van der Waals surface area contributed by atoms with E-state index in [1.807, 2.05) is 24.3 Å². The van der Waals surface area contributed by atoms with Crippen LogP contribution in [0.15, 0.2) is 36.5 Å². The van der Waals surface area contributed by atoms with Gasteiger partial charge in [0.25, 0.3) is 0 Å². The third kappa shape index (κ3) is 2.21. The van der Waals surface area contributed by atoms with Crippen molar-refractivity contribution in [2.45, 2.75) is 18.9 Å². The second-order valence-corrected chi connectivity index (χ2v) is 3.80. The molecule has 16 heavy (non-hydrogen) atoms. The van der Waals surface area contributed by atoms with E-state index in [9.17, 15) is 0 Å². The lowest BCUT2D eigenvalue weighted by Gasteiger charge is -2.10. The normalized spacial score (nSPS) is 12.2. The average Bonchev–Trinajstić information content (AvgIpc) is 2.35. The zero-order valence-electron chi connectivity index (χ0n) is 9.06. The Labute approximate surface area is 95.5 Å². The number of hydrogen-bond acceptors (Lipinski definition) is 2. The standard InChI is InChI=1S/C14H14N2/c1-2-3-6-13(15)11-7-8-14-12(10-11)5-4-9-16-14/h1,4-5,7-10,13H,3,6,15H2. The summed E-state index contributed by atoms with van der Waals surface area (Å²) in [5.41, 5.74) is 8.17. The van der Waals surface area contributed by atoms with E-state index in [0.29, 0.717) is 6.42 Å². The first-order chi connectivity index (χ1) is 7.81. The van der Waals surface area contributed by atoms with Gasteiger partial charge >= 0.3 is 0 Å². The molecule has 1 heterocycles. The molecule has 0 bridgehead atoms. The lowest BCUT2D eigenvalue weighted by Crippen LogP contribution is -2.09. The van der Waals surface area contributed by atoms with Gasteiger partial charge in [0.2, 0.25) is 0 Å². The number of fused-ring (bicyclic) bond motifs is 1. The molecule has 1 unspecified atom stereocenters. The Balaban J connectivity index is 2.29. The van der Waals surface area contributed by atoms with Crippen LogP contribution in [0, 0.1) is 12.3 Å². The number of nitrogens with two attached hydrogens (primary N) is 1. The molecule has 2 aromatic rings. The Morgan fingerprint density at radius 2 is 2.25 bits per heavy atom. The summed E-state index contributed by atoms with van der Waals surface area (Å²) in [6.07, 6.45) is 8.56. The van der Waals surface area contributed by atoms with Crippen molar-refractivity contribution in [2.75, 3.05) is 0 Å². The molecule has 0 radical (unpaired) electrons. The number of nitrogens with zero attached hydrogens (tertiary/aromatic N) is 1. The van der Waals surface area contributed by atoms with Crippen molar-refractivity contribution >= 4 is 10.9 Å². The van der Waals surface area contributed by atoms with E-state index >= 15 is 0 Å². The Morgan fingerprint density at radius 3 is 3.06 bits per heavy atom. The molecule has 1 aromatic heterocycles. The van der Waals surface area contributed by atoms with E-state index in [-0.39, 0.29) is 6.04 Å². The Morgan fingerprint density at radius 1 is 1.38 bits per heavy atom. The maximum Gasteiger partial charge on any atom is 0.0702 e. The number of rotatable bonds is 3. The lowest BCUT2D eigenvalue weighted by molar-refractivity contribution is 0.668. The van der Waals surface area contributed by atoms with Gasteiger partial charge in [-0.3, -0.25) is 4.98 Å². The molecule has 0 aliphatic rings. The molecule has 2 heteroatoms. The Kier molecular flexibility index (Phi) is 3.19. The first kappa shape index (κ1) is 10.7. The van der Waals surface area contributed by atoms with Crippen LogP contribution in [0.3, 0.4) is 0 Å². The van der Waals surface area contributed by atoms with Crippen molar-refractivity contribution in [3.8, 4) is 12.3 Å². The van der Waals surface area contributed by atoms with E-state index in [1.54, 1.807) is 6.20 Å². The topological polar surface area (TPSA) is 38.9 Å². The first-order valence-corrected chi connectivity index (χ1v) is 5.35. The minimum absolute atomic E-state index is 0.0145. The van der Waals surface area contributed by atoms with E-state index in [0.717, 1.165) is 22.9 Å². The summed E-state index contributed by atoms with van der Waals surface area (Å²) in [6, 6.07) is 10.1. The minimum atomic E-state index is 0.0145. The number of benzene rings is 1. The molecular formula is C14H14N2. The number of pyridine rings is 1. The van der Waals surface area contributed by atoms with Crippen LogP contribution in [-0.4, -0.2) is 4.98 Å². The zero-order valence-corrected chi connectivity index (χ0v) is 9.06. The van der Waals surface area contributed by atoms with Gasteiger partial charge < -0.3 is 5.73 Å². The highest BCUT2D eigenvalue weighted by Gasteiger charge is 2.05. The van der Waals surface area contributed by atoms with Crippen molar-refractivity contribution in [3.63, 3.8) is 0 Å². The van der Waals surface area contributed by atoms with Crippen molar-refractivity contribution < 1.29 is 0 Å². The van der Waals surface area contributed by atoms with Crippen LogP contribution >= 0.6 is 0 Å². The predicted octanol–water partition coefficient (Wildman–Crippen LogP) is 2.65. The molecule has 0 amide bonds. The van der Waals surface area contributed by atoms with Crippen molar-refractivity contribution in [3.05, 3.63) is 42.1 Å². The molecule has 1 aromatic carbocycles. The fourth-order valence-corrected chi connectivity index (χ4v) is 1.73. The summed E-state index contributed by atoms with van der Waals surface area (Å²) in [5, 5.41) is 1.12. The average molecular weight is 210 g/mol. The van der Waals surface area contributed by atoms with Gasteiger partial charge in [-0.2, -0.15) is 0 Å². The molecule has 2 N–H and O–H groups in total. The summed E-state index contributed by atoms with van der Waals surface area (Å²) in [6.45, 7) is 0. The van der Waals surface area contributed by atoms with Crippen LogP contribution in [0.5, 0.6) is 0 Å². The van der Waals surface area contributed by atoms with Gasteiger partial charge in [0.15, 0.2) is 0 Å². The maximum absolute atomic E-state index is 6.06. The van der Waals surface area contributed by atoms with Gasteiger partial charge in [-0.05, 0) is 30.2 Å². The van der Waals surface area contributed by atoms with Gasteiger partial charge in [-0.15, -0.1) is 12.3 Å². The van der Waals surface area contributed by atoms with Gasteiger partial charge in [-0.1, -0.05) is 12.1 Å². The predicted molar refractivity (Wildman–Crippen MR) is 66.7 cm³/mol. The van der Waals surface area contributed by atoms with Crippen LogP contribution in [-0.2, 0) is 0 Å². The van der Waals surface area contributed by atoms with Crippen molar-refractivity contribution in [1.82, 2.24) is 4.98 Å². The largest absolute Gasteiger partial charge is 0.324 e. The second-order valence-electron chi connectivity index (χ2n) is 3.80. The minimum Gasteiger partial charge on any atom is -0.324 e. The SMILES string of the molecule is C#CCCC(N)c1ccc2ncccc2c1. The molecule has 0 saturated carbocycles.